The highest BCUT2D eigenvalue weighted by Gasteiger charge is 2.30. The third kappa shape index (κ3) is 4.15. The monoisotopic (exact) mass is 323 g/mol. The molecule has 0 heterocycles. The second-order valence-electron chi connectivity index (χ2n) is 6.09. The maximum atomic E-state index is 9.08. The number of rotatable bonds is 6. The van der Waals surface area contributed by atoms with Gasteiger partial charge in [0, 0.05) is 13.1 Å². The minimum atomic E-state index is -0.412. The van der Waals surface area contributed by atoms with Gasteiger partial charge in [-0.1, -0.05) is 32.6 Å². The Labute approximate surface area is 138 Å². The van der Waals surface area contributed by atoms with Crippen LogP contribution in [-0.2, 0) is 4.74 Å². The molecular formula is C17H26ClN3O. The molecular weight excluding hydrogens is 298 g/mol. The molecule has 1 fully saturated rings. The van der Waals surface area contributed by atoms with Crippen LogP contribution in [0.5, 0.6) is 0 Å². The average Bonchev–Trinajstić information content (AvgIpc) is 2.56. The van der Waals surface area contributed by atoms with Crippen LogP contribution in [0.1, 0.15) is 51.9 Å². The number of hydrogen-bond acceptors (Lipinski definition) is 2. The predicted molar refractivity (Wildman–Crippen MR) is 89.9 cm³/mol. The van der Waals surface area contributed by atoms with E-state index in [1.54, 1.807) is 6.08 Å². The molecule has 22 heavy (non-hydrogen) atoms. The molecule has 122 valence electrons. The van der Waals surface area contributed by atoms with Gasteiger partial charge >= 0.3 is 5.71 Å². The van der Waals surface area contributed by atoms with Crippen molar-refractivity contribution < 1.29 is 9.53 Å². The zero-order chi connectivity index (χ0) is 15.9. The molecule has 1 atom stereocenters. The van der Waals surface area contributed by atoms with E-state index in [4.69, 9.17) is 21.9 Å². The van der Waals surface area contributed by atoms with E-state index in [0.29, 0.717) is 18.4 Å². The summed E-state index contributed by atoms with van der Waals surface area (Å²) < 4.78 is 5.93. The number of ether oxygens (including phenoxy) is 1. The lowest BCUT2D eigenvalue weighted by Gasteiger charge is -2.36. The van der Waals surface area contributed by atoms with Gasteiger partial charge in [-0.05, 0) is 25.3 Å². The van der Waals surface area contributed by atoms with Crippen molar-refractivity contribution >= 4 is 17.3 Å². The topological polar surface area (TPSA) is 48.9 Å². The van der Waals surface area contributed by atoms with Crippen molar-refractivity contribution in [1.29, 1.82) is 0 Å². The molecule has 0 spiro atoms. The van der Waals surface area contributed by atoms with Crippen LogP contribution in [-0.4, -0.2) is 40.5 Å². The molecule has 0 aromatic carbocycles. The van der Waals surface area contributed by atoms with E-state index in [-0.39, 0.29) is 0 Å². The summed E-state index contributed by atoms with van der Waals surface area (Å²) in [5.74, 6) is 0.770. The van der Waals surface area contributed by atoms with Crippen LogP contribution in [0.2, 0.25) is 0 Å². The third-order valence-electron chi connectivity index (χ3n) is 4.49. The van der Waals surface area contributed by atoms with E-state index in [1.807, 2.05) is 6.08 Å². The molecule has 0 N–H and O–H groups in total. The quantitative estimate of drug-likeness (QED) is 0.319. The van der Waals surface area contributed by atoms with Gasteiger partial charge < -0.3 is 15.2 Å². The van der Waals surface area contributed by atoms with Crippen LogP contribution in [0, 0.1) is 0 Å². The van der Waals surface area contributed by atoms with E-state index in [9.17, 15) is 0 Å². The Balaban J connectivity index is 2.16. The van der Waals surface area contributed by atoms with Gasteiger partial charge in [-0.2, -0.15) is 4.79 Å². The van der Waals surface area contributed by atoms with Gasteiger partial charge in [0.25, 0.3) is 0 Å². The Morgan fingerprint density at radius 1 is 1.36 bits per heavy atom. The number of hydrogen-bond donors (Lipinski definition) is 0. The van der Waals surface area contributed by atoms with E-state index >= 15 is 0 Å². The van der Waals surface area contributed by atoms with E-state index in [0.717, 1.165) is 24.3 Å². The first-order valence-electron chi connectivity index (χ1n) is 8.33. The lowest BCUT2D eigenvalue weighted by Crippen LogP contribution is -2.36. The molecule has 2 rings (SSSR count). The minimum Gasteiger partial charge on any atom is -0.491 e. The maximum absolute atomic E-state index is 9.08. The standard InChI is InChI=1S/C17H26ClN3O/c1-3-4-10-22-17-12-15(20-19)14(18)11-16(17)21(2)13-8-6-5-7-9-13/h11-14H,3-10H2,1-2H3. The molecule has 0 radical (unpaired) electrons. The fraction of sp³-hybridized carbons (Fsp3) is 0.706. The van der Waals surface area contributed by atoms with Gasteiger partial charge in [-0.3, -0.25) is 0 Å². The molecule has 4 nitrogen and oxygen atoms in total. The highest BCUT2D eigenvalue weighted by molar-refractivity contribution is 6.34. The average molecular weight is 324 g/mol. The molecule has 5 heteroatoms. The number of unbranched alkanes of at least 4 members (excludes halogenated alkanes) is 1. The lowest BCUT2D eigenvalue weighted by molar-refractivity contribution is -0.00573. The summed E-state index contributed by atoms with van der Waals surface area (Å²) in [7, 11) is 2.11. The first-order chi connectivity index (χ1) is 10.7. The number of alkyl halides is 1. The zero-order valence-corrected chi connectivity index (χ0v) is 14.4. The summed E-state index contributed by atoms with van der Waals surface area (Å²) >= 11 is 6.29. The Bertz CT molecular complexity index is 488. The summed E-state index contributed by atoms with van der Waals surface area (Å²) in [6.45, 7) is 2.81. The first kappa shape index (κ1) is 17.1. The number of nitrogens with zero attached hydrogens (tertiary/aromatic N) is 3. The van der Waals surface area contributed by atoms with Gasteiger partial charge in [-0.25, -0.2) is 0 Å². The molecule has 2 aliphatic rings. The van der Waals surface area contributed by atoms with Crippen molar-refractivity contribution in [2.24, 2.45) is 0 Å². The van der Waals surface area contributed by atoms with Crippen molar-refractivity contribution in [1.82, 2.24) is 4.90 Å². The summed E-state index contributed by atoms with van der Waals surface area (Å²) in [6.07, 6.45) is 12.1. The maximum Gasteiger partial charge on any atom is 0.317 e. The molecule has 0 amide bonds. The number of likely N-dealkylation sites (N-methyl/N-ethyl adjacent to an activating group) is 1. The zero-order valence-electron chi connectivity index (χ0n) is 13.6. The first-order valence-corrected chi connectivity index (χ1v) is 8.76. The van der Waals surface area contributed by atoms with Crippen LogP contribution in [0.4, 0.5) is 0 Å². The molecule has 1 unspecified atom stereocenters. The minimum absolute atomic E-state index is 0.412. The normalized spacial score (nSPS) is 22.7. The summed E-state index contributed by atoms with van der Waals surface area (Å²) in [4.78, 5) is 5.57. The van der Waals surface area contributed by atoms with Crippen molar-refractivity contribution in [3.8, 4) is 0 Å². The van der Waals surface area contributed by atoms with Crippen molar-refractivity contribution in [2.45, 2.75) is 63.3 Å². The number of allylic oxidation sites excluding steroid dienone is 2. The van der Waals surface area contributed by atoms with Crippen molar-refractivity contribution in [2.75, 3.05) is 13.7 Å². The largest absolute Gasteiger partial charge is 0.491 e. The Morgan fingerprint density at radius 2 is 2.09 bits per heavy atom. The highest BCUT2D eigenvalue weighted by Crippen LogP contribution is 2.30. The van der Waals surface area contributed by atoms with Crippen LogP contribution < -0.4 is 0 Å². The number of halogens is 1. The van der Waals surface area contributed by atoms with Gasteiger partial charge in [0.2, 0.25) is 0 Å². The molecule has 1 saturated carbocycles. The Morgan fingerprint density at radius 3 is 2.73 bits per heavy atom. The van der Waals surface area contributed by atoms with E-state index in [1.165, 1.54) is 32.1 Å². The smallest absolute Gasteiger partial charge is 0.317 e. The second-order valence-corrected chi connectivity index (χ2v) is 6.56. The van der Waals surface area contributed by atoms with Crippen LogP contribution >= 0.6 is 11.6 Å². The van der Waals surface area contributed by atoms with Crippen molar-refractivity contribution in [3.63, 3.8) is 0 Å². The Hall–Kier alpha value is -1.25. The summed E-state index contributed by atoms with van der Waals surface area (Å²) in [5, 5.41) is -0.412. The third-order valence-corrected chi connectivity index (χ3v) is 4.84. The molecule has 2 aliphatic carbocycles. The fourth-order valence-electron chi connectivity index (χ4n) is 3.08. The lowest BCUT2D eigenvalue weighted by atomic mass is 9.93. The van der Waals surface area contributed by atoms with Crippen LogP contribution in [0.15, 0.2) is 23.6 Å². The Kier molecular flexibility index (Phi) is 6.53. The SMILES string of the molecule is CCCCOC1=CC(=[N+]=[N-])C(Cl)C=C1N(C)C1CCCCC1. The van der Waals surface area contributed by atoms with Crippen LogP contribution in [0.25, 0.3) is 5.53 Å². The molecule has 0 bridgehead atoms. The van der Waals surface area contributed by atoms with Gasteiger partial charge in [0.05, 0.1) is 18.4 Å². The summed E-state index contributed by atoms with van der Waals surface area (Å²) in [5.41, 5.74) is 10.5. The van der Waals surface area contributed by atoms with Crippen molar-refractivity contribution in [3.05, 3.63) is 29.1 Å². The van der Waals surface area contributed by atoms with Gasteiger partial charge in [0.1, 0.15) is 5.76 Å². The van der Waals surface area contributed by atoms with E-state index < -0.39 is 5.38 Å². The molecule has 0 aliphatic heterocycles. The van der Waals surface area contributed by atoms with Crippen LogP contribution in [0.3, 0.4) is 0 Å². The highest BCUT2D eigenvalue weighted by atomic mass is 35.5. The summed E-state index contributed by atoms with van der Waals surface area (Å²) in [6, 6.07) is 0.537. The molecule has 0 saturated heterocycles. The van der Waals surface area contributed by atoms with Gasteiger partial charge in [-0.15, -0.1) is 11.6 Å². The molecule has 0 aromatic rings. The predicted octanol–water partition coefficient (Wildman–Crippen LogP) is 4.13. The second kappa shape index (κ2) is 8.40. The van der Waals surface area contributed by atoms with Gasteiger partial charge in [0.15, 0.2) is 5.38 Å². The van der Waals surface area contributed by atoms with E-state index in [2.05, 4.69) is 23.7 Å². The fourth-order valence-corrected chi connectivity index (χ4v) is 3.30. The molecule has 0 aromatic heterocycles.